The van der Waals surface area contributed by atoms with Crippen LogP contribution in [-0.4, -0.2) is 29.7 Å². The number of carbonyl (C=O) groups excluding carboxylic acids is 1. The van der Waals surface area contributed by atoms with E-state index in [4.69, 9.17) is 10.5 Å². The van der Waals surface area contributed by atoms with Gasteiger partial charge in [0.1, 0.15) is 11.4 Å². The van der Waals surface area contributed by atoms with Crippen LogP contribution in [-0.2, 0) is 4.74 Å². The van der Waals surface area contributed by atoms with Gasteiger partial charge in [0.05, 0.1) is 5.69 Å². The number of benzene rings is 1. The van der Waals surface area contributed by atoms with E-state index < -0.39 is 11.4 Å². The van der Waals surface area contributed by atoms with Crippen LogP contribution in [0.4, 0.5) is 14.9 Å². The van der Waals surface area contributed by atoms with Crippen molar-refractivity contribution >= 4 is 17.4 Å². The maximum Gasteiger partial charge on any atom is 0.410 e. The highest BCUT2D eigenvalue weighted by Crippen LogP contribution is 2.25. The summed E-state index contributed by atoms with van der Waals surface area (Å²) in [5.41, 5.74) is 6.95. The molecule has 0 bridgehead atoms. The number of hydrogen-bond donors (Lipinski definition) is 1. The highest BCUT2D eigenvalue weighted by atomic mass is 19.1. The number of carbonyl (C=O) groups is 1. The van der Waals surface area contributed by atoms with E-state index in [1.807, 2.05) is 26.8 Å². The number of nitrogen functional groups attached to an aromatic ring is 1. The van der Waals surface area contributed by atoms with Gasteiger partial charge in [-0.15, -0.1) is 0 Å². The van der Waals surface area contributed by atoms with Crippen molar-refractivity contribution in [2.75, 3.05) is 18.8 Å². The average Bonchev–Trinajstić information content (AvgIpc) is 2.40. The molecule has 1 heterocycles. The van der Waals surface area contributed by atoms with E-state index in [-0.39, 0.29) is 11.8 Å². The summed E-state index contributed by atoms with van der Waals surface area (Å²) in [6.07, 6.45) is 2.28. The normalized spacial score (nSPS) is 15.6. The minimum absolute atomic E-state index is 0.144. The van der Waals surface area contributed by atoms with E-state index in [1.165, 1.54) is 6.07 Å². The van der Waals surface area contributed by atoms with Crippen LogP contribution in [0.15, 0.2) is 24.3 Å². The second-order valence-corrected chi connectivity index (χ2v) is 6.14. The highest BCUT2D eigenvalue weighted by molar-refractivity contribution is 5.73. The molecule has 2 N–H and O–H groups in total. The van der Waals surface area contributed by atoms with Gasteiger partial charge in [-0.25, -0.2) is 9.18 Å². The lowest BCUT2D eigenvalue weighted by molar-refractivity contribution is 0.0270. The molecule has 114 valence electrons. The van der Waals surface area contributed by atoms with Gasteiger partial charge in [-0.2, -0.15) is 0 Å². The SMILES string of the molecule is CC(C)(C)OC(=O)N1CC=C(c2ccc(N)c(F)c2)CC1. The molecule has 0 radical (unpaired) electrons. The predicted octanol–water partition coefficient (Wildman–Crippen LogP) is 3.43. The Hall–Kier alpha value is -2.04. The zero-order valence-corrected chi connectivity index (χ0v) is 12.6. The van der Waals surface area contributed by atoms with Crippen molar-refractivity contribution in [3.63, 3.8) is 0 Å². The maximum absolute atomic E-state index is 13.5. The fraction of sp³-hybridized carbons (Fsp3) is 0.438. The Bertz CT molecular complexity index is 576. The number of nitrogens with zero attached hydrogens (tertiary/aromatic N) is 1. The van der Waals surface area contributed by atoms with E-state index >= 15 is 0 Å². The average molecular weight is 292 g/mol. The summed E-state index contributed by atoms with van der Waals surface area (Å²) in [5, 5.41) is 0. The lowest BCUT2D eigenvalue weighted by Gasteiger charge is -2.29. The van der Waals surface area contributed by atoms with E-state index in [0.29, 0.717) is 19.5 Å². The van der Waals surface area contributed by atoms with Gasteiger partial charge in [0.15, 0.2) is 0 Å². The molecule has 1 aromatic rings. The number of nitrogens with two attached hydrogens (primary N) is 1. The zero-order valence-electron chi connectivity index (χ0n) is 12.6. The van der Waals surface area contributed by atoms with Gasteiger partial charge < -0.3 is 15.4 Å². The third kappa shape index (κ3) is 3.97. The number of hydrogen-bond acceptors (Lipinski definition) is 3. The lowest BCUT2D eigenvalue weighted by Crippen LogP contribution is -2.39. The maximum atomic E-state index is 13.5. The summed E-state index contributed by atoms with van der Waals surface area (Å²) in [6, 6.07) is 4.80. The van der Waals surface area contributed by atoms with Crippen molar-refractivity contribution in [3.8, 4) is 0 Å². The summed E-state index contributed by atoms with van der Waals surface area (Å²) in [6.45, 7) is 6.55. The van der Waals surface area contributed by atoms with Crippen molar-refractivity contribution < 1.29 is 13.9 Å². The Morgan fingerprint density at radius 3 is 2.62 bits per heavy atom. The molecule has 0 saturated heterocycles. The Morgan fingerprint density at radius 1 is 1.38 bits per heavy atom. The van der Waals surface area contributed by atoms with Crippen LogP contribution in [0.25, 0.3) is 5.57 Å². The summed E-state index contributed by atoms with van der Waals surface area (Å²) in [4.78, 5) is 13.6. The van der Waals surface area contributed by atoms with Crippen molar-refractivity contribution in [1.29, 1.82) is 0 Å². The van der Waals surface area contributed by atoms with E-state index in [2.05, 4.69) is 0 Å². The zero-order chi connectivity index (χ0) is 15.6. The Morgan fingerprint density at radius 2 is 2.10 bits per heavy atom. The molecule has 1 amide bonds. The Labute approximate surface area is 124 Å². The molecule has 21 heavy (non-hydrogen) atoms. The van der Waals surface area contributed by atoms with Crippen LogP contribution in [0.1, 0.15) is 32.8 Å². The minimum Gasteiger partial charge on any atom is -0.444 e. The fourth-order valence-electron chi connectivity index (χ4n) is 2.15. The largest absolute Gasteiger partial charge is 0.444 e. The van der Waals surface area contributed by atoms with E-state index in [9.17, 15) is 9.18 Å². The van der Waals surface area contributed by atoms with Crippen LogP contribution in [0, 0.1) is 5.82 Å². The van der Waals surface area contributed by atoms with Crippen LogP contribution in [0.2, 0.25) is 0 Å². The summed E-state index contributed by atoms with van der Waals surface area (Å²) in [7, 11) is 0. The number of rotatable bonds is 1. The van der Waals surface area contributed by atoms with Crippen LogP contribution < -0.4 is 5.73 Å². The number of ether oxygens (including phenoxy) is 1. The number of anilines is 1. The van der Waals surface area contributed by atoms with Crippen LogP contribution in [0.3, 0.4) is 0 Å². The first-order valence-electron chi connectivity index (χ1n) is 6.98. The summed E-state index contributed by atoms with van der Waals surface area (Å²) in [5.74, 6) is -0.414. The molecule has 0 aromatic heterocycles. The van der Waals surface area contributed by atoms with E-state index in [0.717, 1.165) is 11.1 Å². The quantitative estimate of drug-likeness (QED) is 0.807. The number of amides is 1. The molecule has 0 unspecified atom stereocenters. The van der Waals surface area contributed by atoms with Crippen molar-refractivity contribution in [2.24, 2.45) is 0 Å². The molecule has 0 saturated carbocycles. The Balaban J connectivity index is 2.05. The first kappa shape index (κ1) is 15.4. The third-order valence-corrected chi connectivity index (χ3v) is 3.23. The van der Waals surface area contributed by atoms with Gasteiger partial charge in [-0.05, 0) is 50.5 Å². The molecule has 5 heteroatoms. The molecule has 1 aliphatic heterocycles. The second-order valence-electron chi connectivity index (χ2n) is 6.14. The van der Waals surface area contributed by atoms with Gasteiger partial charge in [0.2, 0.25) is 0 Å². The molecule has 0 spiro atoms. The van der Waals surface area contributed by atoms with Gasteiger partial charge in [0.25, 0.3) is 0 Å². The molecule has 1 aromatic carbocycles. The Kier molecular flexibility index (Phi) is 4.21. The molecular weight excluding hydrogens is 271 g/mol. The standard InChI is InChI=1S/C16H21FN2O2/c1-16(2,3)21-15(20)19-8-6-11(7-9-19)12-4-5-14(18)13(17)10-12/h4-6,10H,7-9,18H2,1-3H3. The van der Waals surface area contributed by atoms with E-state index in [1.54, 1.807) is 17.0 Å². The molecule has 0 atom stereocenters. The molecule has 0 aliphatic carbocycles. The van der Waals surface area contributed by atoms with Crippen molar-refractivity contribution in [1.82, 2.24) is 4.90 Å². The van der Waals surface area contributed by atoms with Crippen LogP contribution in [0.5, 0.6) is 0 Å². The topological polar surface area (TPSA) is 55.6 Å². The van der Waals surface area contributed by atoms with Gasteiger partial charge in [-0.1, -0.05) is 12.1 Å². The monoisotopic (exact) mass is 292 g/mol. The van der Waals surface area contributed by atoms with Gasteiger partial charge in [0, 0.05) is 13.1 Å². The molecule has 2 rings (SSSR count). The molecular formula is C16H21FN2O2. The van der Waals surface area contributed by atoms with Gasteiger partial charge in [-0.3, -0.25) is 0 Å². The first-order chi connectivity index (χ1) is 9.76. The number of halogens is 1. The van der Waals surface area contributed by atoms with Crippen molar-refractivity contribution in [3.05, 3.63) is 35.7 Å². The predicted molar refractivity (Wildman–Crippen MR) is 81.2 cm³/mol. The lowest BCUT2D eigenvalue weighted by atomic mass is 9.99. The van der Waals surface area contributed by atoms with Crippen molar-refractivity contribution in [2.45, 2.75) is 32.8 Å². The minimum atomic E-state index is -0.499. The highest BCUT2D eigenvalue weighted by Gasteiger charge is 2.23. The van der Waals surface area contributed by atoms with Gasteiger partial charge >= 0.3 is 6.09 Å². The van der Waals surface area contributed by atoms with Crippen LogP contribution >= 0.6 is 0 Å². The third-order valence-electron chi connectivity index (χ3n) is 3.23. The molecule has 4 nitrogen and oxygen atoms in total. The smallest absolute Gasteiger partial charge is 0.410 e. The second kappa shape index (κ2) is 5.76. The molecule has 1 aliphatic rings. The fourth-order valence-corrected chi connectivity index (χ4v) is 2.15. The summed E-state index contributed by atoms with van der Waals surface area (Å²) < 4.78 is 18.8. The first-order valence-corrected chi connectivity index (χ1v) is 6.98. The molecule has 0 fully saturated rings. The summed E-state index contributed by atoms with van der Waals surface area (Å²) >= 11 is 0.